The highest BCUT2D eigenvalue weighted by molar-refractivity contribution is 6.10. The lowest BCUT2D eigenvalue weighted by Crippen LogP contribution is -2.30. The second-order valence-electron chi connectivity index (χ2n) is 12.2. The van der Waals surface area contributed by atoms with Gasteiger partial charge in [-0.25, -0.2) is 0 Å². The lowest BCUT2D eigenvalue weighted by molar-refractivity contribution is -0.118. The Labute approximate surface area is 236 Å². The molecule has 1 aromatic heterocycles. The molecule has 3 aromatic carbocycles. The van der Waals surface area contributed by atoms with Crippen molar-refractivity contribution in [2.24, 2.45) is 5.92 Å². The highest BCUT2D eigenvalue weighted by Gasteiger charge is 2.65. The third-order valence-corrected chi connectivity index (χ3v) is 9.51. The fraction of sp³-hybridized carbons (Fsp3) is 0.371. The fourth-order valence-corrected chi connectivity index (χ4v) is 7.17. The lowest BCUT2D eigenvalue weighted by atomic mass is 9.90. The number of rotatable bonds is 7. The summed E-state index contributed by atoms with van der Waals surface area (Å²) in [7, 11) is 2.22. The van der Waals surface area contributed by atoms with E-state index in [1.165, 1.54) is 60.0 Å². The molecule has 5 heteroatoms. The molecule has 2 aliphatic heterocycles. The largest absolute Gasteiger partial charge is 0.325 e. The maximum absolute atomic E-state index is 13.1. The Kier molecular flexibility index (Phi) is 6.35. The number of piperidine rings is 1. The van der Waals surface area contributed by atoms with Crippen molar-refractivity contribution in [3.63, 3.8) is 0 Å². The van der Waals surface area contributed by atoms with E-state index in [2.05, 4.69) is 83.9 Å². The van der Waals surface area contributed by atoms with E-state index in [0.717, 1.165) is 47.6 Å². The molecule has 2 N–H and O–H groups in total. The van der Waals surface area contributed by atoms with E-state index in [9.17, 15) is 4.79 Å². The van der Waals surface area contributed by atoms with Crippen LogP contribution in [0, 0.1) is 5.92 Å². The number of nitrogens with zero attached hydrogens (tertiary/aromatic N) is 2. The van der Waals surface area contributed by atoms with E-state index in [0.29, 0.717) is 0 Å². The maximum atomic E-state index is 13.1. The molecule has 7 rings (SSSR count). The Morgan fingerprint density at radius 1 is 1.05 bits per heavy atom. The van der Waals surface area contributed by atoms with E-state index < -0.39 is 5.41 Å². The van der Waals surface area contributed by atoms with Gasteiger partial charge in [0, 0.05) is 17.0 Å². The quantitative estimate of drug-likeness (QED) is 0.272. The van der Waals surface area contributed by atoms with Gasteiger partial charge in [-0.3, -0.25) is 9.89 Å². The zero-order chi connectivity index (χ0) is 27.3. The normalized spacial score (nSPS) is 22.9. The van der Waals surface area contributed by atoms with E-state index in [-0.39, 0.29) is 11.8 Å². The van der Waals surface area contributed by atoms with Crippen LogP contribution in [0.3, 0.4) is 0 Å². The predicted octanol–water partition coefficient (Wildman–Crippen LogP) is 6.95. The van der Waals surface area contributed by atoms with Crippen molar-refractivity contribution in [1.29, 1.82) is 0 Å². The molecule has 3 aliphatic rings. The number of nitrogens with one attached hydrogen (secondary N) is 2. The molecule has 1 saturated carbocycles. The number of para-hydroxylation sites is 1. The molecule has 0 bridgehead atoms. The standard InChI is InChI=1S/C35H38N4O/c1-3-6-26-20-27(29-22-35(29)28-7-4-5-8-30(28)36-34(35)40)21-32-33(26)31(37-38-32)14-13-23-9-11-24(12-10-23)19-25-15-17-39(2)18-16-25/h4-5,7-14,20-21,25,29H,3,6,15-19,22H2,1-2H3,(H,36,40)(H,37,38)/b14-13+. The van der Waals surface area contributed by atoms with E-state index in [1.54, 1.807) is 0 Å². The third kappa shape index (κ3) is 4.37. The molecule has 1 aliphatic carbocycles. The number of hydrogen-bond acceptors (Lipinski definition) is 3. The number of aromatic amines is 1. The minimum Gasteiger partial charge on any atom is -0.325 e. The summed E-state index contributed by atoms with van der Waals surface area (Å²) >= 11 is 0. The third-order valence-electron chi connectivity index (χ3n) is 9.51. The minimum atomic E-state index is -0.421. The molecule has 1 amide bonds. The van der Waals surface area contributed by atoms with Crippen LogP contribution < -0.4 is 5.32 Å². The molecule has 40 heavy (non-hydrogen) atoms. The summed E-state index contributed by atoms with van der Waals surface area (Å²) in [5.41, 5.74) is 8.91. The highest BCUT2D eigenvalue weighted by Crippen LogP contribution is 2.65. The van der Waals surface area contributed by atoms with Crippen LogP contribution in [0.15, 0.2) is 60.7 Å². The Bertz CT molecular complexity index is 1590. The number of carbonyl (C=O) groups is 1. The Morgan fingerprint density at radius 3 is 2.65 bits per heavy atom. The summed E-state index contributed by atoms with van der Waals surface area (Å²) < 4.78 is 0. The monoisotopic (exact) mass is 530 g/mol. The number of amides is 1. The van der Waals surface area contributed by atoms with Crippen molar-refractivity contribution in [2.75, 3.05) is 25.5 Å². The van der Waals surface area contributed by atoms with Gasteiger partial charge in [0.2, 0.25) is 5.91 Å². The SMILES string of the molecule is CCCc1cc(C2CC23C(=O)Nc2ccccc23)cc2[nH]nc(/C=C/c3ccc(CC4CCN(C)CC4)cc3)c12. The molecule has 204 valence electrons. The molecule has 1 saturated heterocycles. The van der Waals surface area contributed by atoms with Crippen LogP contribution >= 0.6 is 0 Å². The first kappa shape index (κ1) is 25.3. The van der Waals surface area contributed by atoms with Gasteiger partial charge in [-0.2, -0.15) is 5.10 Å². The first-order valence-corrected chi connectivity index (χ1v) is 14.9. The smallest absolute Gasteiger partial charge is 0.235 e. The summed E-state index contributed by atoms with van der Waals surface area (Å²) in [6, 6.07) is 21.8. The van der Waals surface area contributed by atoms with Gasteiger partial charge in [0.1, 0.15) is 0 Å². The topological polar surface area (TPSA) is 61.0 Å². The summed E-state index contributed by atoms with van der Waals surface area (Å²) in [6.45, 7) is 4.66. The Morgan fingerprint density at radius 2 is 1.85 bits per heavy atom. The average Bonchev–Trinajstić information content (AvgIpc) is 3.50. The summed E-state index contributed by atoms with van der Waals surface area (Å²) in [4.78, 5) is 15.5. The van der Waals surface area contributed by atoms with Gasteiger partial charge >= 0.3 is 0 Å². The number of H-pyrrole nitrogens is 1. The fourth-order valence-electron chi connectivity index (χ4n) is 7.17. The number of anilines is 1. The van der Waals surface area contributed by atoms with Crippen molar-refractivity contribution >= 4 is 34.6 Å². The van der Waals surface area contributed by atoms with E-state index in [1.807, 2.05) is 18.2 Å². The Hall–Kier alpha value is -3.70. The molecule has 2 atom stereocenters. The molecular weight excluding hydrogens is 492 g/mol. The van der Waals surface area contributed by atoms with Gasteiger partial charge in [-0.1, -0.05) is 68.0 Å². The number of aromatic nitrogens is 2. The zero-order valence-corrected chi connectivity index (χ0v) is 23.5. The zero-order valence-electron chi connectivity index (χ0n) is 23.5. The second-order valence-corrected chi connectivity index (χ2v) is 12.2. The predicted molar refractivity (Wildman–Crippen MR) is 163 cm³/mol. The number of likely N-dealkylation sites (tertiary alicyclic amines) is 1. The van der Waals surface area contributed by atoms with Crippen molar-refractivity contribution in [3.05, 3.63) is 94.2 Å². The highest BCUT2D eigenvalue weighted by atomic mass is 16.2. The number of fused-ring (bicyclic) bond motifs is 3. The first-order valence-electron chi connectivity index (χ1n) is 14.9. The molecule has 1 spiro atoms. The van der Waals surface area contributed by atoms with Crippen molar-refractivity contribution < 1.29 is 4.79 Å². The van der Waals surface area contributed by atoms with Crippen LogP contribution in [0.4, 0.5) is 5.69 Å². The molecule has 0 radical (unpaired) electrons. The van der Waals surface area contributed by atoms with Gasteiger partial charge in [0.05, 0.1) is 16.6 Å². The molecule has 2 fully saturated rings. The number of carbonyl (C=O) groups excluding carboxylic acids is 1. The first-order chi connectivity index (χ1) is 19.5. The summed E-state index contributed by atoms with van der Waals surface area (Å²) in [6.07, 6.45) is 11.0. The van der Waals surface area contributed by atoms with E-state index >= 15 is 0 Å². The van der Waals surface area contributed by atoms with Crippen LogP contribution in [0.25, 0.3) is 23.1 Å². The van der Waals surface area contributed by atoms with Crippen molar-refractivity contribution in [3.8, 4) is 0 Å². The van der Waals surface area contributed by atoms with Crippen LogP contribution in [0.2, 0.25) is 0 Å². The second kappa shape index (κ2) is 10.0. The average molecular weight is 531 g/mol. The summed E-state index contributed by atoms with van der Waals surface area (Å²) in [5, 5.41) is 12.3. The molecule has 3 heterocycles. The summed E-state index contributed by atoms with van der Waals surface area (Å²) in [5.74, 6) is 1.14. The molecule has 4 aromatic rings. The Balaban J connectivity index is 1.12. The van der Waals surface area contributed by atoms with Crippen LogP contribution in [0.1, 0.15) is 72.0 Å². The van der Waals surface area contributed by atoms with Gasteiger partial charge < -0.3 is 10.2 Å². The van der Waals surface area contributed by atoms with Gasteiger partial charge in [-0.15, -0.1) is 0 Å². The van der Waals surface area contributed by atoms with Crippen LogP contribution in [-0.4, -0.2) is 41.1 Å². The number of aryl methyl sites for hydroxylation is 1. The number of hydrogen-bond donors (Lipinski definition) is 2. The van der Waals surface area contributed by atoms with Crippen LogP contribution in [0.5, 0.6) is 0 Å². The van der Waals surface area contributed by atoms with Gasteiger partial charge in [0.25, 0.3) is 0 Å². The van der Waals surface area contributed by atoms with E-state index in [4.69, 9.17) is 5.10 Å². The molecule has 5 nitrogen and oxygen atoms in total. The minimum absolute atomic E-state index is 0.140. The van der Waals surface area contributed by atoms with Crippen molar-refractivity contribution in [1.82, 2.24) is 15.1 Å². The van der Waals surface area contributed by atoms with Gasteiger partial charge in [0.15, 0.2) is 0 Å². The number of benzene rings is 3. The molecule has 2 unspecified atom stereocenters. The maximum Gasteiger partial charge on any atom is 0.235 e. The lowest BCUT2D eigenvalue weighted by Gasteiger charge is -2.28. The van der Waals surface area contributed by atoms with Gasteiger partial charge in [-0.05, 0) is 104 Å². The van der Waals surface area contributed by atoms with Crippen molar-refractivity contribution in [2.45, 2.75) is 56.8 Å². The van der Waals surface area contributed by atoms with Crippen LogP contribution in [-0.2, 0) is 23.1 Å². The molecular formula is C35H38N4O.